The molecule has 0 aliphatic heterocycles. The molecule has 0 saturated heterocycles. The monoisotopic (exact) mass is 262 g/mol. The Morgan fingerprint density at radius 2 is 2.00 bits per heavy atom. The Kier molecular flexibility index (Phi) is 4.15. The number of carbonyl (C=O) groups excluding carboxylic acids is 1. The molecule has 4 nitrogen and oxygen atoms in total. The first kappa shape index (κ1) is 12.4. The smallest absolute Gasteiger partial charge is 0.262 e. The van der Waals surface area contributed by atoms with Gasteiger partial charge in [0.25, 0.3) is 5.91 Å². The van der Waals surface area contributed by atoms with Crippen molar-refractivity contribution in [2.75, 3.05) is 11.9 Å². The van der Waals surface area contributed by atoms with E-state index in [1.165, 1.54) is 6.20 Å². The van der Waals surface area contributed by atoms with Gasteiger partial charge in [-0.15, -0.1) is 0 Å². The van der Waals surface area contributed by atoms with Crippen LogP contribution in [-0.2, 0) is 4.79 Å². The Bertz CT molecular complexity index is 514. The molecule has 1 N–H and O–H groups in total. The number of anilines is 1. The van der Waals surface area contributed by atoms with Crippen LogP contribution in [0.2, 0.25) is 5.15 Å². The van der Waals surface area contributed by atoms with Crippen LogP contribution < -0.4 is 10.1 Å². The molecule has 0 unspecified atom stereocenters. The van der Waals surface area contributed by atoms with Crippen molar-refractivity contribution < 1.29 is 9.53 Å². The minimum absolute atomic E-state index is 0.0490. The van der Waals surface area contributed by atoms with Crippen molar-refractivity contribution in [1.29, 1.82) is 0 Å². The minimum Gasteiger partial charge on any atom is -0.484 e. The number of carbonyl (C=O) groups is 1. The van der Waals surface area contributed by atoms with Gasteiger partial charge in [-0.3, -0.25) is 4.79 Å². The number of amides is 1. The van der Waals surface area contributed by atoms with Crippen molar-refractivity contribution in [3.8, 4) is 5.75 Å². The van der Waals surface area contributed by atoms with Crippen LogP contribution in [0, 0.1) is 0 Å². The number of rotatable bonds is 4. The van der Waals surface area contributed by atoms with Gasteiger partial charge in [-0.1, -0.05) is 29.8 Å². The molecular weight excluding hydrogens is 252 g/mol. The summed E-state index contributed by atoms with van der Waals surface area (Å²) in [7, 11) is 0. The van der Waals surface area contributed by atoms with Crippen LogP contribution in [0.4, 0.5) is 5.69 Å². The lowest BCUT2D eigenvalue weighted by Gasteiger charge is -2.06. The summed E-state index contributed by atoms with van der Waals surface area (Å²) in [5.74, 6) is 0.407. The highest BCUT2D eigenvalue weighted by Crippen LogP contribution is 2.10. The molecule has 0 bridgehead atoms. The third kappa shape index (κ3) is 3.75. The second-order valence-electron chi connectivity index (χ2n) is 3.52. The number of ether oxygens (including phenoxy) is 1. The molecule has 0 spiro atoms. The molecule has 2 aromatic rings. The average molecular weight is 263 g/mol. The van der Waals surface area contributed by atoms with E-state index in [2.05, 4.69) is 10.3 Å². The zero-order chi connectivity index (χ0) is 12.8. The molecule has 1 aromatic heterocycles. The van der Waals surface area contributed by atoms with Crippen molar-refractivity contribution in [1.82, 2.24) is 4.98 Å². The number of hydrogen-bond donors (Lipinski definition) is 1. The molecule has 18 heavy (non-hydrogen) atoms. The molecule has 5 heteroatoms. The fourth-order valence-corrected chi connectivity index (χ4v) is 1.42. The summed E-state index contributed by atoms with van der Waals surface area (Å²) in [4.78, 5) is 15.4. The first-order valence-electron chi connectivity index (χ1n) is 5.33. The molecule has 92 valence electrons. The Balaban J connectivity index is 1.84. The lowest BCUT2D eigenvalue weighted by atomic mass is 10.3. The van der Waals surface area contributed by atoms with Crippen molar-refractivity contribution in [2.45, 2.75) is 0 Å². The zero-order valence-electron chi connectivity index (χ0n) is 9.47. The highest BCUT2D eigenvalue weighted by molar-refractivity contribution is 6.29. The molecule has 2 rings (SSSR count). The lowest BCUT2D eigenvalue weighted by Crippen LogP contribution is -2.20. The van der Waals surface area contributed by atoms with Gasteiger partial charge in [-0.05, 0) is 24.3 Å². The van der Waals surface area contributed by atoms with Gasteiger partial charge in [-0.2, -0.15) is 0 Å². The van der Waals surface area contributed by atoms with Crippen LogP contribution in [0.1, 0.15) is 0 Å². The van der Waals surface area contributed by atoms with E-state index in [1.807, 2.05) is 18.2 Å². The number of nitrogens with zero attached hydrogens (tertiary/aromatic N) is 1. The number of aromatic nitrogens is 1. The molecule has 0 atom stereocenters. The number of benzene rings is 1. The van der Waals surface area contributed by atoms with Crippen LogP contribution >= 0.6 is 11.6 Å². The van der Waals surface area contributed by atoms with E-state index in [9.17, 15) is 4.79 Å². The first-order valence-corrected chi connectivity index (χ1v) is 5.71. The van der Waals surface area contributed by atoms with E-state index in [4.69, 9.17) is 16.3 Å². The SMILES string of the molecule is O=C(COc1ccccc1)Nc1ccc(Cl)nc1. The Morgan fingerprint density at radius 1 is 1.22 bits per heavy atom. The van der Waals surface area contributed by atoms with Crippen LogP contribution in [0.3, 0.4) is 0 Å². The first-order chi connectivity index (χ1) is 8.74. The molecule has 1 amide bonds. The maximum absolute atomic E-state index is 11.6. The van der Waals surface area contributed by atoms with Gasteiger partial charge in [-0.25, -0.2) is 4.98 Å². The quantitative estimate of drug-likeness (QED) is 0.862. The van der Waals surface area contributed by atoms with E-state index >= 15 is 0 Å². The standard InChI is InChI=1S/C13H11ClN2O2/c14-12-7-6-10(8-15-12)16-13(17)9-18-11-4-2-1-3-5-11/h1-8H,9H2,(H,16,17). The van der Waals surface area contributed by atoms with E-state index in [-0.39, 0.29) is 12.5 Å². The van der Waals surface area contributed by atoms with Crippen LogP contribution in [-0.4, -0.2) is 17.5 Å². The van der Waals surface area contributed by atoms with Gasteiger partial charge in [0.15, 0.2) is 6.61 Å². The second-order valence-corrected chi connectivity index (χ2v) is 3.91. The second kappa shape index (κ2) is 6.02. The fourth-order valence-electron chi connectivity index (χ4n) is 1.31. The summed E-state index contributed by atoms with van der Waals surface area (Å²) in [5, 5.41) is 3.04. The molecule has 0 saturated carbocycles. The van der Waals surface area contributed by atoms with E-state index in [0.717, 1.165) is 0 Å². The zero-order valence-corrected chi connectivity index (χ0v) is 10.2. The summed E-state index contributed by atoms with van der Waals surface area (Å²) in [6.45, 7) is -0.0490. The predicted molar refractivity (Wildman–Crippen MR) is 69.8 cm³/mol. The molecule has 0 fully saturated rings. The van der Waals surface area contributed by atoms with Crippen molar-refractivity contribution in [3.05, 3.63) is 53.8 Å². The molecule has 0 aliphatic carbocycles. The third-order valence-electron chi connectivity index (χ3n) is 2.12. The molecule has 1 heterocycles. The van der Waals surface area contributed by atoms with Gasteiger partial charge in [0, 0.05) is 0 Å². The van der Waals surface area contributed by atoms with Crippen molar-refractivity contribution in [3.63, 3.8) is 0 Å². The number of halogens is 1. The number of hydrogen-bond acceptors (Lipinski definition) is 3. The predicted octanol–water partition coefficient (Wildman–Crippen LogP) is 2.75. The molecular formula is C13H11ClN2O2. The molecule has 0 aliphatic rings. The summed E-state index contributed by atoms with van der Waals surface area (Å²) in [5.41, 5.74) is 0.584. The van der Waals surface area contributed by atoms with Crippen molar-refractivity contribution >= 4 is 23.2 Å². The van der Waals surface area contributed by atoms with Gasteiger partial charge < -0.3 is 10.1 Å². The van der Waals surface area contributed by atoms with Crippen LogP contribution in [0.5, 0.6) is 5.75 Å². The van der Waals surface area contributed by atoms with Crippen LogP contribution in [0.25, 0.3) is 0 Å². The topological polar surface area (TPSA) is 51.2 Å². The number of nitrogens with one attached hydrogen (secondary N) is 1. The molecule has 0 radical (unpaired) electrons. The third-order valence-corrected chi connectivity index (χ3v) is 2.35. The Labute approximate surface area is 110 Å². The highest BCUT2D eigenvalue weighted by Gasteiger charge is 2.03. The van der Waals surface area contributed by atoms with E-state index < -0.39 is 0 Å². The van der Waals surface area contributed by atoms with Gasteiger partial charge in [0.05, 0.1) is 11.9 Å². The number of para-hydroxylation sites is 1. The normalized spacial score (nSPS) is 9.83. The Hall–Kier alpha value is -2.07. The summed E-state index contributed by atoms with van der Waals surface area (Å²) < 4.78 is 5.31. The number of pyridine rings is 1. The van der Waals surface area contributed by atoms with Gasteiger partial charge in [0.2, 0.25) is 0 Å². The maximum atomic E-state index is 11.6. The van der Waals surface area contributed by atoms with Crippen molar-refractivity contribution in [2.24, 2.45) is 0 Å². The van der Waals surface area contributed by atoms with Gasteiger partial charge in [0.1, 0.15) is 10.9 Å². The largest absolute Gasteiger partial charge is 0.484 e. The van der Waals surface area contributed by atoms with E-state index in [0.29, 0.717) is 16.6 Å². The summed E-state index contributed by atoms with van der Waals surface area (Å²) in [6, 6.07) is 12.4. The maximum Gasteiger partial charge on any atom is 0.262 e. The summed E-state index contributed by atoms with van der Waals surface area (Å²) in [6.07, 6.45) is 1.49. The van der Waals surface area contributed by atoms with Gasteiger partial charge >= 0.3 is 0 Å². The minimum atomic E-state index is -0.247. The van der Waals surface area contributed by atoms with Crippen LogP contribution in [0.15, 0.2) is 48.7 Å². The van der Waals surface area contributed by atoms with E-state index in [1.54, 1.807) is 24.3 Å². The average Bonchev–Trinajstić information content (AvgIpc) is 2.40. The molecule has 1 aromatic carbocycles. The Morgan fingerprint density at radius 3 is 2.67 bits per heavy atom. The summed E-state index contributed by atoms with van der Waals surface area (Å²) >= 11 is 5.64. The lowest BCUT2D eigenvalue weighted by molar-refractivity contribution is -0.118. The fraction of sp³-hybridized carbons (Fsp3) is 0.0769. The highest BCUT2D eigenvalue weighted by atomic mass is 35.5.